The van der Waals surface area contributed by atoms with Gasteiger partial charge in [-0.3, -0.25) is 19.9 Å². The van der Waals surface area contributed by atoms with Crippen molar-refractivity contribution in [3.63, 3.8) is 0 Å². The number of fused-ring (bicyclic) bond motifs is 1. The maximum Gasteiger partial charge on any atom is 0.274 e. The predicted octanol–water partition coefficient (Wildman–Crippen LogP) is 3.73. The first-order valence-electron chi connectivity index (χ1n) is 8.34. The van der Waals surface area contributed by atoms with Gasteiger partial charge in [0, 0.05) is 24.1 Å². The zero-order valence-electron chi connectivity index (χ0n) is 15.3. The lowest BCUT2D eigenvalue weighted by molar-refractivity contribution is -0.385. The summed E-state index contributed by atoms with van der Waals surface area (Å²) in [6, 6.07) is 13.7. The highest BCUT2D eigenvalue weighted by Gasteiger charge is 2.20. The minimum absolute atomic E-state index is 0.00440. The molecule has 27 heavy (non-hydrogen) atoms. The summed E-state index contributed by atoms with van der Waals surface area (Å²) < 4.78 is 5.23. The molecule has 0 aliphatic rings. The van der Waals surface area contributed by atoms with Crippen LogP contribution in [0.5, 0.6) is 5.75 Å². The molecule has 0 fully saturated rings. The average molecular weight is 365 g/mol. The van der Waals surface area contributed by atoms with Crippen molar-refractivity contribution in [2.24, 2.45) is 0 Å². The number of aromatic nitrogens is 1. The number of para-hydroxylation sites is 1. The molecule has 7 heteroatoms. The fourth-order valence-electron chi connectivity index (χ4n) is 2.95. The van der Waals surface area contributed by atoms with Crippen LogP contribution in [0.15, 0.2) is 48.5 Å². The number of rotatable bonds is 5. The van der Waals surface area contributed by atoms with Crippen molar-refractivity contribution in [2.75, 3.05) is 14.2 Å². The SMILES string of the molecule is COc1ccc2nc(C)c(C(=O)N(C)Cc3ccccc3[N+](=O)[O-])cc2c1. The highest BCUT2D eigenvalue weighted by molar-refractivity contribution is 5.98. The minimum atomic E-state index is -0.442. The van der Waals surface area contributed by atoms with E-state index in [2.05, 4.69) is 4.98 Å². The quantitative estimate of drug-likeness (QED) is 0.508. The predicted molar refractivity (Wildman–Crippen MR) is 102 cm³/mol. The molecule has 0 spiro atoms. The molecule has 0 saturated carbocycles. The monoisotopic (exact) mass is 365 g/mol. The Labute approximate surface area is 156 Å². The molecule has 1 amide bonds. The van der Waals surface area contributed by atoms with Gasteiger partial charge < -0.3 is 9.64 Å². The molecule has 1 heterocycles. The number of methoxy groups -OCH3 is 1. The molecule has 0 aliphatic heterocycles. The Morgan fingerprint density at radius 1 is 1.22 bits per heavy atom. The van der Waals surface area contributed by atoms with Gasteiger partial charge in [0.15, 0.2) is 0 Å². The van der Waals surface area contributed by atoms with Crippen LogP contribution in [0.4, 0.5) is 5.69 Å². The molecule has 3 aromatic rings. The zero-order chi connectivity index (χ0) is 19.6. The maximum atomic E-state index is 12.9. The molecule has 7 nitrogen and oxygen atoms in total. The van der Waals surface area contributed by atoms with Gasteiger partial charge in [-0.25, -0.2) is 0 Å². The van der Waals surface area contributed by atoms with E-state index >= 15 is 0 Å². The molecular formula is C20H19N3O4. The normalized spacial score (nSPS) is 10.6. The number of ether oxygens (including phenoxy) is 1. The molecule has 138 valence electrons. The van der Waals surface area contributed by atoms with Crippen molar-refractivity contribution >= 4 is 22.5 Å². The summed E-state index contributed by atoms with van der Waals surface area (Å²) in [6.07, 6.45) is 0. The van der Waals surface area contributed by atoms with E-state index in [1.165, 1.54) is 11.0 Å². The summed E-state index contributed by atoms with van der Waals surface area (Å²) in [6.45, 7) is 1.90. The highest BCUT2D eigenvalue weighted by atomic mass is 16.6. The topological polar surface area (TPSA) is 85.6 Å². The zero-order valence-corrected chi connectivity index (χ0v) is 15.3. The largest absolute Gasteiger partial charge is 0.497 e. The molecular weight excluding hydrogens is 346 g/mol. The summed E-state index contributed by atoms with van der Waals surface area (Å²) in [5.41, 5.74) is 2.30. The van der Waals surface area contributed by atoms with Gasteiger partial charge in [0.1, 0.15) is 5.75 Å². The number of benzene rings is 2. The van der Waals surface area contributed by atoms with E-state index in [9.17, 15) is 14.9 Å². The summed E-state index contributed by atoms with van der Waals surface area (Å²) in [7, 11) is 3.20. The second-order valence-corrected chi connectivity index (χ2v) is 6.23. The highest BCUT2D eigenvalue weighted by Crippen LogP contribution is 2.24. The summed E-state index contributed by atoms with van der Waals surface area (Å²) in [5, 5.41) is 12.0. The van der Waals surface area contributed by atoms with Gasteiger partial charge in [-0.05, 0) is 31.2 Å². The Balaban J connectivity index is 1.93. The summed E-state index contributed by atoms with van der Waals surface area (Å²) in [4.78, 5) is 29.6. The van der Waals surface area contributed by atoms with Crippen molar-refractivity contribution < 1.29 is 14.5 Å². The van der Waals surface area contributed by atoms with E-state index in [1.54, 1.807) is 45.3 Å². The van der Waals surface area contributed by atoms with Gasteiger partial charge in [-0.1, -0.05) is 18.2 Å². The van der Waals surface area contributed by atoms with Gasteiger partial charge in [0.25, 0.3) is 11.6 Å². The van der Waals surface area contributed by atoms with Crippen molar-refractivity contribution in [3.05, 3.63) is 75.5 Å². The number of carbonyl (C=O) groups is 1. The molecule has 0 bridgehead atoms. The van der Waals surface area contributed by atoms with E-state index in [0.29, 0.717) is 22.6 Å². The second-order valence-electron chi connectivity index (χ2n) is 6.23. The first-order valence-corrected chi connectivity index (χ1v) is 8.34. The number of amides is 1. The number of nitrogens with zero attached hydrogens (tertiary/aromatic N) is 3. The van der Waals surface area contributed by atoms with E-state index < -0.39 is 4.92 Å². The van der Waals surface area contributed by atoms with E-state index in [-0.39, 0.29) is 18.1 Å². The number of aryl methyl sites for hydroxylation is 1. The van der Waals surface area contributed by atoms with Crippen LogP contribution in [-0.2, 0) is 6.54 Å². The summed E-state index contributed by atoms with van der Waals surface area (Å²) >= 11 is 0. The number of nitro groups is 1. The number of nitro benzene ring substituents is 1. The fourth-order valence-corrected chi connectivity index (χ4v) is 2.95. The van der Waals surface area contributed by atoms with Gasteiger partial charge in [-0.2, -0.15) is 0 Å². The molecule has 0 radical (unpaired) electrons. The number of carbonyl (C=O) groups excluding carboxylic acids is 1. The Hall–Kier alpha value is -3.48. The van der Waals surface area contributed by atoms with Crippen LogP contribution in [0.2, 0.25) is 0 Å². The van der Waals surface area contributed by atoms with Gasteiger partial charge >= 0.3 is 0 Å². The smallest absolute Gasteiger partial charge is 0.274 e. The van der Waals surface area contributed by atoms with Crippen LogP contribution in [0.1, 0.15) is 21.6 Å². The average Bonchev–Trinajstić information content (AvgIpc) is 2.66. The lowest BCUT2D eigenvalue weighted by atomic mass is 10.1. The standard InChI is InChI=1S/C20H19N3O4/c1-13-17(11-15-10-16(27-3)8-9-18(15)21-13)20(24)22(2)12-14-6-4-5-7-19(14)23(25)26/h4-11H,12H2,1-3H3. The molecule has 2 aromatic carbocycles. The number of pyridine rings is 1. The molecule has 0 N–H and O–H groups in total. The van der Waals surface area contributed by atoms with Crippen molar-refractivity contribution in [2.45, 2.75) is 13.5 Å². The Morgan fingerprint density at radius 2 is 1.96 bits per heavy atom. The van der Waals surface area contributed by atoms with E-state index in [1.807, 2.05) is 18.2 Å². The molecule has 0 unspecified atom stereocenters. The Morgan fingerprint density at radius 3 is 2.67 bits per heavy atom. The van der Waals surface area contributed by atoms with Crippen molar-refractivity contribution in [1.82, 2.24) is 9.88 Å². The Kier molecular flexibility index (Phi) is 5.03. The van der Waals surface area contributed by atoms with Gasteiger partial charge in [0.05, 0.1) is 35.4 Å². The van der Waals surface area contributed by atoms with Crippen molar-refractivity contribution in [1.29, 1.82) is 0 Å². The van der Waals surface area contributed by atoms with Crippen LogP contribution in [0, 0.1) is 17.0 Å². The molecule has 1 aromatic heterocycles. The third-order valence-corrected chi connectivity index (χ3v) is 4.39. The van der Waals surface area contributed by atoms with Crippen LogP contribution in [0.3, 0.4) is 0 Å². The van der Waals surface area contributed by atoms with E-state index in [4.69, 9.17) is 4.74 Å². The first kappa shape index (κ1) is 18.3. The molecule has 0 aliphatic carbocycles. The third kappa shape index (κ3) is 3.72. The number of hydrogen-bond donors (Lipinski definition) is 0. The van der Waals surface area contributed by atoms with Gasteiger partial charge in [-0.15, -0.1) is 0 Å². The van der Waals surface area contributed by atoms with Crippen molar-refractivity contribution in [3.8, 4) is 5.75 Å². The summed E-state index contributed by atoms with van der Waals surface area (Å²) in [5.74, 6) is 0.433. The second kappa shape index (κ2) is 7.41. The molecule has 3 rings (SSSR count). The Bertz CT molecular complexity index is 1030. The number of hydrogen-bond acceptors (Lipinski definition) is 5. The molecule has 0 saturated heterocycles. The lowest BCUT2D eigenvalue weighted by Gasteiger charge is -2.18. The first-order chi connectivity index (χ1) is 12.9. The van der Waals surface area contributed by atoms with Crippen LogP contribution < -0.4 is 4.74 Å². The van der Waals surface area contributed by atoms with Crippen LogP contribution >= 0.6 is 0 Å². The third-order valence-electron chi connectivity index (χ3n) is 4.39. The van der Waals surface area contributed by atoms with Crippen LogP contribution in [0.25, 0.3) is 10.9 Å². The molecule has 0 atom stereocenters. The van der Waals surface area contributed by atoms with Gasteiger partial charge in [0.2, 0.25) is 0 Å². The maximum absolute atomic E-state index is 12.9. The fraction of sp³-hybridized carbons (Fsp3) is 0.200. The lowest BCUT2D eigenvalue weighted by Crippen LogP contribution is -2.27. The van der Waals surface area contributed by atoms with E-state index in [0.717, 1.165) is 10.9 Å². The van der Waals surface area contributed by atoms with Crippen LogP contribution in [-0.4, -0.2) is 34.9 Å². The minimum Gasteiger partial charge on any atom is -0.497 e.